The molecule has 1 aromatic carbocycles. The average Bonchev–Trinajstić information content (AvgIpc) is 2.95. The summed E-state index contributed by atoms with van der Waals surface area (Å²) in [5.41, 5.74) is 5.78. The number of hydrogen-bond donors (Lipinski definition) is 3. The Hall–Kier alpha value is -2.15. The van der Waals surface area contributed by atoms with Gasteiger partial charge in [-0.15, -0.1) is 0 Å². The smallest absolute Gasteiger partial charge is 0.260 e. The second kappa shape index (κ2) is 8.47. The summed E-state index contributed by atoms with van der Waals surface area (Å²) in [6.07, 6.45) is 3.32. The van der Waals surface area contributed by atoms with Crippen molar-refractivity contribution in [2.24, 2.45) is 0 Å². The Morgan fingerprint density at radius 1 is 1.22 bits per heavy atom. The highest BCUT2D eigenvalue weighted by Crippen LogP contribution is 2.25. The summed E-state index contributed by atoms with van der Waals surface area (Å²) < 4.78 is 1.06. The first kappa shape index (κ1) is 17.2. The highest BCUT2D eigenvalue weighted by atomic mass is 32.1. The zero-order chi connectivity index (χ0) is 16.7. The van der Waals surface area contributed by atoms with Crippen LogP contribution in [0.25, 0.3) is 10.2 Å². The molecule has 2 aromatic rings. The normalized spacial score (nSPS) is 11.9. The van der Waals surface area contributed by atoms with Crippen molar-refractivity contribution in [2.75, 3.05) is 5.32 Å². The molecular formula is C16H22N4O2S. The molecule has 6 nitrogen and oxygen atoms in total. The Morgan fingerprint density at radius 2 is 2.00 bits per heavy atom. The fourth-order valence-electron chi connectivity index (χ4n) is 2.02. The molecule has 7 heteroatoms. The van der Waals surface area contributed by atoms with Crippen LogP contribution in [0.1, 0.15) is 39.5 Å². The summed E-state index contributed by atoms with van der Waals surface area (Å²) in [6.45, 7) is 3.81. The predicted octanol–water partition coefficient (Wildman–Crippen LogP) is 2.82. The van der Waals surface area contributed by atoms with Crippen molar-refractivity contribution in [3.8, 4) is 0 Å². The van der Waals surface area contributed by atoms with Gasteiger partial charge in [-0.3, -0.25) is 20.4 Å². The molecule has 1 aromatic heterocycles. The number of hydrazine groups is 1. The van der Waals surface area contributed by atoms with E-state index < -0.39 is 6.04 Å². The van der Waals surface area contributed by atoms with Crippen LogP contribution in [0.2, 0.25) is 0 Å². The van der Waals surface area contributed by atoms with Gasteiger partial charge in [-0.25, -0.2) is 4.98 Å². The second-order valence-corrected chi connectivity index (χ2v) is 6.38. The van der Waals surface area contributed by atoms with Crippen molar-refractivity contribution in [1.29, 1.82) is 0 Å². The van der Waals surface area contributed by atoms with E-state index >= 15 is 0 Å². The average molecular weight is 334 g/mol. The highest BCUT2D eigenvalue weighted by Gasteiger charge is 2.15. The van der Waals surface area contributed by atoms with Crippen molar-refractivity contribution in [3.63, 3.8) is 0 Å². The Kier molecular flexibility index (Phi) is 6.34. The predicted molar refractivity (Wildman–Crippen MR) is 93.1 cm³/mol. The van der Waals surface area contributed by atoms with E-state index in [0.29, 0.717) is 11.6 Å². The van der Waals surface area contributed by atoms with Gasteiger partial charge in [0.05, 0.1) is 10.2 Å². The lowest BCUT2D eigenvalue weighted by Crippen LogP contribution is -2.47. The first-order chi connectivity index (χ1) is 11.1. The second-order valence-electron chi connectivity index (χ2n) is 5.35. The minimum atomic E-state index is -0.494. The number of carbonyl (C=O) groups is 2. The SMILES string of the molecule is CCCCCC(=O)NNC(=O)[C@@H](C)Nc1nc2ccccc2s1. The fourth-order valence-corrected chi connectivity index (χ4v) is 2.98. The number of anilines is 1. The molecular weight excluding hydrogens is 312 g/mol. The van der Waals surface area contributed by atoms with Gasteiger partial charge in [0.1, 0.15) is 6.04 Å². The standard InChI is InChI=1S/C16H22N4O2S/c1-3-4-5-10-14(21)19-20-15(22)11(2)17-16-18-12-8-6-7-9-13(12)23-16/h6-9,11H,3-5,10H2,1-2H3,(H,17,18)(H,19,21)(H,20,22)/t11-/m1/s1. The number of amides is 2. The van der Waals surface area contributed by atoms with Gasteiger partial charge in [0.15, 0.2) is 5.13 Å². The summed E-state index contributed by atoms with van der Waals surface area (Å²) >= 11 is 1.49. The number of carbonyl (C=O) groups excluding carboxylic acids is 2. The quantitative estimate of drug-likeness (QED) is 0.537. The van der Waals surface area contributed by atoms with Crippen molar-refractivity contribution in [3.05, 3.63) is 24.3 Å². The lowest BCUT2D eigenvalue weighted by molar-refractivity contribution is -0.129. The first-order valence-corrected chi connectivity index (χ1v) is 8.62. The van der Waals surface area contributed by atoms with Gasteiger partial charge >= 0.3 is 0 Å². The summed E-state index contributed by atoms with van der Waals surface area (Å²) in [7, 11) is 0. The van der Waals surface area contributed by atoms with E-state index in [9.17, 15) is 9.59 Å². The lowest BCUT2D eigenvalue weighted by Gasteiger charge is -2.13. The molecule has 0 radical (unpaired) electrons. The van der Waals surface area contributed by atoms with Crippen molar-refractivity contribution in [1.82, 2.24) is 15.8 Å². The molecule has 0 aliphatic rings. The number of rotatable bonds is 7. The van der Waals surface area contributed by atoms with E-state index in [4.69, 9.17) is 0 Å². The van der Waals surface area contributed by atoms with Crippen LogP contribution in [0.4, 0.5) is 5.13 Å². The van der Waals surface area contributed by atoms with Crippen LogP contribution in [-0.4, -0.2) is 22.8 Å². The Balaban J connectivity index is 1.79. The molecule has 0 saturated carbocycles. The van der Waals surface area contributed by atoms with Crippen molar-refractivity contribution < 1.29 is 9.59 Å². The van der Waals surface area contributed by atoms with Gasteiger partial charge in [0.2, 0.25) is 5.91 Å². The minimum absolute atomic E-state index is 0.168. The van der Waals surface area contributed by atoms with Crippen molar-refractivity contribution in [2.45, 2.75) is 45.6 Å². The summed E-state index contributed by atoms with van der Waals surface area (Å²) in [4.78, 5) is 28.0. The van der Waals surface area contributed by atoms with Crippen LogP contribution in [0.3, 0.4) is 0 Å². The lowest BCUT2D eigenvalue weighted by atomic mass is 10.2. The fraction of sp³-hybridized carbons (Fsp3) is 0.438. The van der Waals surface area contributed by atoms with E-state index in [1.807, 2.05) is 24.3 Å². The molecule has 0 unspecified atom stereocenters. The maximum atomic E-state index is 12.0. The monoisotopic (exact) mass is 334 g/mol. The molecule has 0 aliphatic heterocycles. The number of benzene rings is 1. The van der Waals surface area contributed by atoms with E-state index in [0.717, 1.165) is 29.5 Å². The molecule has 2 amide bonds. The third kappa shape index (κ3) is 5.21. The summed E-state index contributed by atoms with van der Waals surface area (Å²) in [6, 6.07) is 7.30. The first-order valence-electron chi connectivity index (χ1n) is 7.81. The minimum Gasteiger partial charge on any atom is -0.350 e. The maximum Gasteiger partial charge on any atom is 0.260 e. The summed E-state index contributed by atoms with van der Waals surface area (Å²) in [5, 5.41) is 3.73. The van der Waals surface area contributed by atoms with Crippen LogP contribution in [0, 0.1) is 0 Å². The van der Waals surface area contributed by atoms with Crippen LogP contribution in [-0.2, 0) is 9.59 Å². The van der Waals surface area contributed by atoms with E-state index in [1.54, 1.807) is 6.92 Å². The van der Waals surface area contributed by atoms with E-state index in [-0.39, 0.29) is 11.8 Å². The third-order valence-corrected chi connectivity index (χ3v) is 4.33. The van der Waals surface area contributed by atoms with Gasteiger partial charge in [0.25, 0.3) is 5.91 Å². The van der Waals surface area contributed by atoms with Crippen LogP contribution < -0.4 is 16.2 Å². The number of thiazole rings is 1. The molecule has 0 bridgehead atoms. The molecule has 1 atom stereocenters. The number of fused-ring (bicyclic) bond motifs is 1. The number of nitrogens with one attached hydrogen (secondary N) is 3. The molecule has 0 spiro atoms. The summed E-state index contributed by atoms with van der Waals surface area (Å²) in [5.74, 6) is -0.466. The maximum absolute atomic E-state index is 12.0. The number of nitrogens with zero attached hydrogens (tertiary/aromatic N) is 1. The van der Waals surface area contributed by atoms with E-state index in [2.05, 4.69) is 28.1 Å². The number of para-hydroxylation sites is 1. The number of aromatic nitrogens is 1. The van der Waals surface area contributed by atoms with E-state index in [1.165, 1.54) is 11.3 Å². The molecule has 3 N–H and O–H groups in total. The molecule has 0 saturated heterocycles. The Morgan fingerprint density at radius 3 is 2.74 bits per heavy atom. The van der Waals surface area contributed by atoms with Gasteiger partial charge in [0, 0.05) is 6.42 Å². The molecule has 0 aliphatic carbocycles. The largest absolute Gasteiger partial charge is 0.350 e. The highest BCUT2D eigenvalue weighted by molar-refractivity contribution is 7.22. The van der Waals surface area contributed by atoms with Gasteiger partial charge in [-0.2, -0.15) is 0 Å². The molecule has 23 heavy (non-hydrogen) atoms. The number of hydrogen-bond acceptors (Lipinski definition) is 5. The van der Waals surface area contributed by atoms with Gasteiger partial charge in [-0.05, 0) is 25.5 Å². The van der Waals surface area contributed by atoms with Gasteiger partial charge < -0.3 is 5.32 Å². The Labute approximate surface area is 139 Å². The van der Waals surface area contributed by atoms with Gasteiger partial charge in [-0.1, -0.05) is 43.2 Å². The molecule has 124 valence electrons. The van der Waals surface area contributed by atoms with Crippen LogP contribution in [0.5, 0.6) is 0 Å². The topological polar surface area (TPSA) is 83.1 Å². The third-order valence-electron chi connectivity index (χ3n) is 3.36. The Bertz CT molecular complexity index is 638. The molecule has 0 fully saturated rings. The molecule has 1 heterocycles. The van der Waals surface area contributed by atoms with Crippen LogP contribution >= 0.6 is 11.3 Å². The number of unbranched alkanes of at least 4 members (excludes halogenated alkanes) is 2. The molecule has 2 rings (SSSR count). The van der Waals surface area contributed by atoms with Crippen LogP contribution in [0.15, 0.2) is 24.3 Å². The zero-order valence-electron chi connectivity index (χ0n) is 13.4. The van der Waals surface area contributed by atoms with Crippen molar-refractivity contribution >= 4 is 38.5 Å². The zero-order valence-corrected chi connectivity index (χ0v) is 14.2.